The molecule has 0 aromatic carbocycles. The first-order valence-corrected chi connectivity index (χ1v) is 6.57. The molecule has 0 bridgehead atoms. The molecule has 2 heterocycles. The van der Waals surface area contributed by atoms with Gasteiger partial charge in [-0.05, 0) is 18.9 Å². The van der Waals surface area contributed by atoms with Crippen molar-refractivity contribution in [1.29, 1.82) is 0 Å². The van der Waals surface area contributed by atoms with Crippen LogP contribution in [0.5, 0.6) is 0 Å². The quantitative estimate of drug-likeness (QED) is 0.764. The number of amides is 1. The molecule has 2 aromatic rings. The number of nitrogens with one attached hydrogen (secondary N) is 1. The van der Waals surface area contributed by atoms with Crippen LogP contribution in [0.3, 0.4) is 0 Å². The van der Waals surface area contributed by atoms with Crippen molar-refractivity contribution in [2.24, 2.45) is 0 Å². The molecule has 0 atom stereocenters. The second kappa shape index (κ2) is 6.72. The van der Waals surface area contributed by atoms with Crippen LogP contribution in [-0.2, 0) is 13.1 Å². The van der Waals surface area contributed by atoms with Crippen LogP contribution in [0.4, 0.5) is 0 Å². The molecule has 102 valence electrons. The predicted octanol–water partition coefficient (Wildman–Crippen LogP) is 1.31. The molecule has 0 aliphatic carbocycles. The highest BCUT2D eigenvalue weighted by Crippen LogP contribution is 2.00. The SMILES string of the molecule is CCCn1nccc1C(=O)NCCCn1ccnc1. The zero-order valence-electron chi connectivity index (χ0n) is 11.1. The van der Waals surface area contributed by atoms with Gasteiger partial charge in [0.1, 0.15) is 5.69 Å². The summed E-state index contributed by atoms with van der Waals surface area (Å²) in [5, 5.41) is 7.05. The second-order valence-electron chi connectivity index (χ2n) is 4.35. The van der Waals surface area contributed by atoms with E-state index in [9.17, 15) is 4.79 Å². The maximum absolute atomic E-state index is 12.0. The van der Waals surface area contributed by atoms with Crippen LogP contribution in [0.25, 0.3) is 0 Å². The summed E-state index contributed by atoms with van der Waals surface area (Å²) >= 11 is 0. The van der Waals surface area contributed by atoms with Crippen LogP contribution in [0, 0.1) is 0 Å². The standard InChI is InChI=1S/C13H19N5O/c1-2-8-18-12(4-6-16-18)13(19)15-5-3-9-17-10-7-14-11-17/h4,6-7,10-11H,2-3,5,8-9H2,1H3,(H,15,19). The maximum atomic E-state index is 12.0. The average Bonchev–Trinajstić information content (AvgIpc) is 3.05. The topological polar surface area (TPSA) is 64.7 Å². The van der Waals surface area contributed by atoms with E-state index in [0.29, 0.717) is 12.2 Å². The Bertz CT molecular complexity index is 503. The Kier molecular flexibility index (Phi) is 4.72. The van der Waals surface area contributed by atoms with Gasteiger partial charge in [0.05, 0.1) is 6.33 Å². The van der Waals surface area contributed by atoms with Gasteiger partial charge in [0, 0.05) is 38.2 Å². The summed E-state index contributed by atoms with van der Waals surface area (Å²) in [5.74, 6) is -0.0587. The zero-order chi connectivity index (χ0) is 13.5. The highest BCUT2D eigenvalue weighted by atomic mass is 16.2. The van der Waals surface area contributed by atoms with E-state index in [-0.39, 0.29) is 5.91 Å². The molecule has 0 saturated heterocycles. The third-order valence-corrected chi connectivity index (χ3v) is 2.82. The summed E-state index contributed by atoms with van der Waals surface area (Å²) in [6, 6.07) is 1.75. The van der Waals surface area contributed by atoms with Crippen LogP contribution >= 0.6 is 0 Å². The number of rotatable bonds is 7. The van der Waals surface area contributed by atoms with Crippen molar-refractivity contribution in [1.82, 2.24) is 24.6 Å². The third kappa shape index (κ3) is 3.67. The van der Waals surface area contributed by atoms with Gasteiger partial charge >= 0.3 is 0 Å². The van der Waals surface area contributed by atoms with Crippen molar-refractivity contribution in [2.75, 3.05) is 6.54 Å². The van der Waals surface area contributed by atoms with Crippen molar-refractivity contribution in [2.45, 2.75) is 32.9 Å². The molecule has 19 heavy (non-hydrogen) atoms. The molecule has 0 aliphatic heterocycles. The fourth-order valence-corrected chi connectivity index (χ4v) is 1.89. The van der Waals surface area contributed by atoms with Gasteiger partial charge in [0.2, 0.25) is 0 Å². The Labute approximate surface area is 112 Å². The zero-order valence-corrected chi connectivity index (χ0v) is 11.1. The molecular formula is C13H19N5O. The average molecular weight is 261 g/mol. The van der Waals surface area contributed by atoms with Gasteiger partial charge in [-0.3, -0.25) is 9.48 Å². The van der Waals surface area contributed by atoms with E-state index in [0.717, 1.165) is 25.9 Å². The number of carbonyl (C=O) groups excluding carboxylic acids is 1. The molecule has 0 spiro atoms. The number of hydrogen-bond acceptors (Lipinski definition) is 3. The van der Waals surface area contributed by atoms with Crippen LogP contribution in [0.2, 0.25) is 0 Å². The van der Waals surface area contributed by atoms with Gasteiger partial charge in [-0.15, -0.1) is 0 Å². The van der Waals surface area contributed by atoms with Gasteiger partial charge < -0.3 is 9.88 Å². The fourth-order valence-electron chi connectivity index (χ4n) is 1.89. The normalized spacial score (nSPS) is 10.6. The van der Waals surface area contributed by atoms with E-state index in [1.807, 2.05) is 10.8 Å². The lowest BCUT2D eigenvalue weighted by Crippen LogP contribution is -2.27. The second-order valence-corrected chi connectivity index (χ2v) is 4.35. The van der Waals surface area contributed by atoms with Gasteiger partial charge in [-0.2, -0.15) is 5.10 Å². The minimum Gasteiger partial charge on any atom is -0.351 e. The number of hydrogen-bond donors (Lipinski definition) is 1. The predicted molar refractivity (Wildman–Crippen MR) is 71.7 cm³/mol. The third-order valence-electron chi connectivity index (χ3n) is 2.82. The number of carbonyl (C=O) groups is 1. The number of aromatic nitrogens is 4. The minimum absolute atomic E-state index is 0.0587. The first-order valence-electron chi connectivity index (χ1n) is 6.57. The molecule has 6 nitrogen and oxygen atoms in total. The fraction of sp³-hybridized carbons (Fsp3) is 0.462. The van der Waals surface area contributed by atoms with Crippen molar-refractivity contribution in [3.05, 3.63) is 36.7 Å². The molecule has 2 aromatic heterocycles. The summed E-state index contributed by atoms with van der Waals surface area (Å²) in [4.78, 5) is 15.9. The Hall–Kier alpha value is -2.11. The van der Waals surface area contributed by atoms with E-state index in [2.05, 4.69) is 22.3 Å². The van der Waals surface area contributed by atoms with E-state index < -0.39 is 0 Å². The first kappa shape index (κ1) is 13.3. The lowest BCUT2D eigenvalue weighted by atomic mass is 10.3. The first-order chi connectivity index (χ1) is 9.31. The Balaban J connectivity index is 1.76. The lowest BCUT2D eigenvalue weighted by Gasteiger charge is -2.07. The monoisotopic (exact) mass is 261 g/mol. The molecule has 6 heteroatoms. The Morgan fingerprint density at radius 2 is 2.26 bits per heavy atom. The highest BCUT2D eigenvalue weighted by Gasteiger charge is 2.10. The highest BCUT2D eigenvalue weighted by molar-refractivity contribution is 5.92. The van der Waals surface area contributed by atoms with Gasteiger partial charge in [-0.1, -0.05) is 6.92 Å². The molecule has 0 unspecified atom stereocenters. The Morgan fingerprint density at radius 1 is 1.37 bits per heavy atom. The van der Waals surface area contributed by atoms with Crippen LogP contribution in [-0.4, -0.2) is 31.8 Å². The molecule has 1 N–H and O–H groups in total. The van der Waals surface area contributed by atoms with Crippen LogP contribution in [0.1, 0.15) is 30.3 Å². The van der Waals surface area contributed by atoms with Crippen molar-refractivity contribution in [3.63, 3.8) is 0 Å². The lowest BCUT2D eigenvalue weighted by molar-refractivity contribution is 0.0941. The molecule has 1 amide bonds. The number of imidazole rings is 1. The summed E-state index contributed by atoms with van der Waals surface area (Å²) in [6.07, 6.45) is 8.95. The van der Waals surface area contributed by atoms with E-state index in [1.54, 1.807) is 29.5 Å². The largest absolute Gasteiger partial charge is 0.351 e. The molecule has 0 radical (unpaired) electrons. The number of nitrogens with zero attached hydrogens (tertiary/aromatic N) is 4. The smallest absolute Gasteiger partial charge is 0.269 e. The minimum atomic E-state index is -0.0587. The number of aryl methyl sites for hydroxylation is 2. The molecule has 0 aliphatic rings. The molecule has 0 saturated carbocycles. The molecular weight excluding hydrogens is 242 g/mol. The van der Waals surface area contributed by atoms with Crippen molar-refractivity contribution in [3.8, 4) is 0 Å². The van der Waals surface area contributed by atoms with E-state index in [1.165, 1.54) is 0 Å². The Morgan fingerprint density at radius 3 is 3.00 bits per heavy atom. The van der Waals surface area contributed by atoms with Gasteiger partial charge in [0.25, 0.3) is 5.91 Å². The van der Waals surface area contributed by atoms with E-state index in [4.69, 9.17) is 0 Å². The van der Waals surface area contributed by atoms with Gasteiger partial charge in [-0.25, -0.2) is 4.98 Å². The molecule has 0 fully saturated rings. The van der Waals surface area contributed by atoms with Crippen LogP contribution in [0.15, 0.2) is 31.0 Å². The van der Waals surface area contributed by atoms with Gasteiger partial charge in [0.15, 0.2) is 0 Å². The summed E-state index contributed by atoms with van der Waals surface area (Å²) < 4.78 is 3.73. The summed E-state index contributed by atoms with van der Waals surface area (Å²) in [7, 11) is 0. The van der Waals surface area contributed by atoms with Crippen molar-refractivity contribution < 1.29 is 4.79 Å². The summed E-state index contributed by atoms with van der Waals surface area (Å²) in [5.41, 5.74) is 0.629. The molecule has 2 rings (SSSR count). The maximum Gasteiger partial charge on any atom is 0.269 e. The van der Waals surface area contributed by atoms with Crippen molar-refractivity contribution >= 4 is 5.91 Å². The van der Waals surface area contributed by atoms with E-state index >= 15 is 0 Å². The summed E-state index contributed by atoms with van der Waals surface area (Å²) in [6.45, 7) is 4.34. The van der Waals surface area contributed by atoms with Crippen LogP contribution < -0.4 is 5.32 Å².